The molecule has 0 spiro atoms. The number of alkyl halides is 3. The van der Waals surface area contributed by atoms with Crippen molar-refractivity contribution in [1.82, 2.24) is 4.72 Å². The van der Waals surface area contributed by atoms with Crippen LogP contribution < -0.4 is 9.46 Å². The number of nitrogens with one attached hydrogen (secondary N) is 1. The molecule has 0 unspecified atom stereocenters. The van der Waals surface area contributed by atoms with Crippen molar-refractivity contribution in [3.63, 3.8) is 0 Å². The number of halogens is 3. The van der Waals surface area contributed by atoms with Gasteiger partial charge in [-0.3, -0.25) is 4.79 Å². The van der Waals surface area contributed by atoms with E-state index < -0.39 is 28.0 Å². The molecule has 5 nitrogen and oxygen atoms in total. The summed E-state index contributed by atoms with van der Waals surface area (Å²) in [7, 11) is -4.08. The molecule has 2 aromatic carbocycles. The van der Waals surface area contributed by atoms with E-state index in [4.69, 9.17) is 0 Å². The molecule has 0 fully saturated rings. The molecule has 144 valence electrons. The first kappa shape index (κ1) is 20.5. The number of hydrogen-bond donors (Lipinski definition) is 1. The zero-order valence-corrected chi connectivity index (χ0v) is 15.2. The number of carbonyl (C=O) groups excluding carboxylic acids is 1. The van der Waals surface area contributed by atoms with Gasteiger partial charge < -0.3 is 4.74 Å². The summed E-state index contributed by atoms with van der Waals surface area (Å²) >= 11 is 0. The van der Waals surface area contributed by atoms with Crippen LogP contribution in [0.2, 0.25) is 0 Å². The molecule has 0 saturated carbocycles. The van der Waals surface area contributed by atoms with E-state index in [1.54, 1.807) is 19.1 Å². The van der Waals surface area contributed by atoms with Crippen LogP contribution in [0.3, 0.4) is 0 Å². The molecule has 0 bridgehead atoms. The van der Waals surface area contributed by atoms with Crippen LogP contribution in [0, 0.1) is 13.8 Å². The second-order valence-corrected chi connectivity index (χ2v) is 7.28. The van der Waals surface area contributed by atoms with E-state index >= 15 is 0 Å². The summed E-state index contributed by atoms with van der Waals surface area (Å²) in [5, 5.41) is 0.758. The molecule has 0 atom stereocenters. The van der Waals surface area contributed by atoms with E-state index in [2.05, 4.69) is 4.74 Å². The molecule has 0 radical (unpaired) electrons. The minimum atomic E-state index is -4.81. The van der Waals surface area contributed by atoms with Gasteiger partial charge in [-0.15, -0.1) is 13.2 Å². The quantitative estimate of drug-likeness (QED) is 0.827. The highest BCUT2D eigenvalue weighted by molar-refractivity contribution is 7.93. The smallest absolute Gasteiger partial charge is 0.406 e. The van der Waals surface area contributed by atoms with E-state index in [-0.39, 0.29) is 5.56 Å². The minimum absolute atomic E-state index is 0.228. The van der Waals surface area contributed by atoms with Crippen LogP contribution in [0.5, 0.6) is 5.75 Å². The molecule has 0 aromatic heterocycles. The van der Waals surface area contributed by atoms with Gasteiger partial charge in [-0.05, 0) is 49.2 Å². The Morgan fingerprint density at radius 2 is 1.70 bits per heavy atom. The second kappa shape index (κ2) is 7.83. The summed E-state index contributed by atoms with van der Waals surface area (Å²) < 4.78 is 66.0. The molecular formula is C18H16F3NO4S. The molecule has 2 rings (SSSR count). The van der Waals surface area contributed by atoms with Crippen molar-refractivity contribution in [2.24, 2.45) is 0 Å². The highest BCUT2D eigenvalue weighted by Gasteiger charge is 2.30. The molecule has 27 heavy (non-hydrogen) atoms. The molecule has 1 amide bonds. The first-order valence-electron chi connectivity index (χ1n) is 7.63. The van der Waals surface area contributed by atoms with Crippen LogP contribution in [0.1, 0.15) is 27.0 Å². The molecular weight excluding hydrogens is 383 g/mol. The van der Waals surface area contributed by atoms with Gasteiger partial charge in [-0.2, -0.15) is 0 Å². The fourth-order valence-corrected chi connectivity index (χ4v) is 3.01. The Morgan fingerprint density at radius 1 is 1.07 bits per heavy atom. The van der Waals surface area contributed by atoms with Crippen LogP contribution in [0.25, 0.3) is 6.08 Å². The van der Waals surface area contributed by atoms with Crippen molar-refractivity contribution in [1.29, 1.82) is 0 Å². The van der Waals surface area contributed by atoms with Crippen LogP contribution in [0.4, 0.5) is 13.2 Å². The predicted molar refractivity (Wildman–Crippen MR) is 94.5 cm³/mol. The molecule has 0 aliphatic carbocycles. The zero-order chi connectivity index (χ0) is 20.2. The van der Waals surface area contributed by atoms with E-state index in [1.807, 2.05) is 11.6 Å². The lowest BCUT2D eigenvalue weighted by Gasteiger charge is -2.08. The third-order valence-electron chi connectivity index (χ3n) is 3.41. The van der Waals surface area contributed by atoms with Crippen molar-refractivity contribution in [2.75, 3.05) is 0 Å². The topological polar surface area (TPSA) is 72.5 Å². The Kier molecular flexibility index (Phi) is 5.94. The van der Waals surface area contributed by atoms with E-state index in [0.717, 1.165) is 29.2 Å². The lowest BCUT2D eigenvalue weighted by atomic mass is 10.1. The van der Waals surface area contributed by atoms with Crippen molar-refractivity contribution in [3.8, 4) is 5.75 Å². The van der Waals surface area contributed by atoms with Gasteiger partial charge in [0.25, 0.3) is 15.9 Å². The second-order valence-electron chi connectivity index (χ2n) is 5.71. The van der Waals surface area contributed by atoms with Gasteiger partial charge in [0.1, 0.15) is 5.75 Å². The maximum absolute atomic E-state index is 12.1. The molecule has 0 aliphatic heterocycles. The Bertz CT molecular complexity index is 965. The van der Waals surface area contributed by atoms with Gasteiger partial charge in [0.15, 0.2) is 0 Å². The number of amides is 1. The van der Waals surface area contributed by atoms with Crippen molar-refractivity contribution >= 4 is 22.0 Å². The number of hydrogen-bond acceptors (Lipinski definition) is 4. The van der Waals surface area contributed by atoms with Gasteiger partial charge >= 0.3 is 6.36 Å². The molecule has 0 aliphatic rings. The highest BCUT2D eigenvalue weighted by atomic mass is 32.2. The number of carbonyl (C=O) groups is 1. The fraction of sp³-hybridized carbons (Fsp3) is 0.167. The number of sulfonamides is 1. The van der Waals surface area contributed by atoms with Crippen LogP contribution >= 0.6 is 0 Å². The van der Waals surface area contributed by atoms with Crippen molar-refractivity contribution < 1.29 is 31.1 Å². The first-order chi connectivity index (χ1) is 12.5. The van der Waals surface area contributed by atoms with E-state index in [9.17, 15) is 26.4 Å². The predicted octanol–water partition coefficient (Wildman–Crippen LogP) is 3.93. The lowest BCUT2D eigenvalue weighted by molar-refractivity contribution is -0.274. The maximum atomic E-state index is 12.1. The summed E-state index contributed by atoms with van der Waals surface area (Å²) in [5.74, 6) is -1.20. The lowest BCUT2D eigenvalue weighted by Crippen LogP contribution is -2.29. The Hall–Kier alpha value is -2.81. The first-order valence-corrected chi connectivity index (χ1v) is 9.18. The summed E-state index contributed by atoms with van der Waals surface area (Å²) in [4.78, 5) is 12.1. The van der Waals surface area contributed by atoms with Crippen molar-refractivity contribution in [2.45, 2.75) is 20.2 Å². The third-order valence-corrected chi connectivity index (χ3v) is 4.38. The number of rotatable bonds is 5. The summed E-state index contributed by atoms with van der Waals surface area (Å²) in [5.41, 5.74) is 2.11. The SMILES string of the molecule is Cc1ccc(C(=O)NS(=O)(=O)/C=C/c2ccc(OC(F)(F)F)cc2)c(C)c1. The Morgan fingerprint density at radius 3 is 2.26 bits per heavy atom. The van der Waals surface area contributed by atoms with Crippen molar-refractivity contribution in [3.05, 3.63) is 70.1 Å². The van der Waals surface area contributed by atoms with Crippen LogP contribution in [-0.2, 0) is 10.0 Å². The molecule has 2 aromatic rings. The van der Waals surface area contributed by atoms with E-state index in [1.165, 1.54) is 18.2 Å². The van der Waals surface area contributed by atoms with Crippen LogP contribution in [-0.4, -0.2) is 20.7 Å². The normalized spacial score (nSPS) is 12.2. The molecule has 0 saturated heterocycles. The number of ether oxygens (including phenoxy) is 1. The number of aryl methyl sites for hydroxylation is 2. The minimum Gasteiger partial charge on any atom is -0.406 e. The molecule has 9 heteroatoms. The zero-order valence-electron chi connectivity index (χ0n) is 14.4. The van der Waals surface area contributed by atoms with Crippen LogP contribution in [0.15, 0.2) is 47.9 Å². The number of benzene rings is 2. The standard InChI is InChI=1S/C18H16F3NO4S/c1-12-3-8-16(13(2)11-12)17(23)22-27(24,25)10-9-14-4-6-15(7-5-14)26-18(19,20)21/h3-11H,1-2H3,(H,22,23)/b10-9+. The fourth-order valence-electron chi connectivity index (χ4n) is 2.24. The average molecular weight is 399 g/mol. The van der Waals surface area contributed by atoms with E-state index in [0.29, 0.717) is 11.1 Å². The molecule has 1 N–H and O–H groups in total. The maximum Gasteiger partial charge on any atom is 0.573 e. The average Bonchev–Trinajstić information content (AvgIpc) is 2.52. The Labute approximate surface area is 154 Å². The largest absolute Gasteiger partial charge is 0.573 e. The van der Waals surface area contributed by atoms with Gasteiger partial charge in [0.2, 0.25) is 0 Å². The van der Waals surface area contributed by atoms with Gasteiger partial charge in [0, 0.05) is 5.56 Å². The summed E-state index contributed by atoms with van der Waals surface area (Å²) in [6.45, 7) is 3.54. The summed E-state index contributed by atoms with van der Waals surface area (Å²) in [6, 6.07) is 9.57. The third kappa shape index (κ3) is 6.45. The van der Waals surface area contributed by atoms with Gasteiger partial charge in [0.05, 0.1) is 5.41 Å². The Balaban J connectivity index is 2.08. The monoisotopic (exact) mass is 399 g/mol. The summed E-state index contributed by atoms with van der Waals surface area (Å²) in [6.07, 6.45) is -3.66. The highest BCUT2D eigenvalue weighted by Crippen LogP contribution is 2.23. The molecule has 0 heterocycles. The van der Waals surface area contributed by atoms with Gasteiger partial charge in [-0.1, -0.05) is 29.8 Å². The van der Waals surface area contributed by atoms with Gasteiger partial charge in [-0.25, -0.2) is 13.1 Å².